The molecule has 0 radical (unpaired) electrons. The number of nitrogens with one attached hydrogen (secondary N) is 2. The van der Waals surface area contributed by atoms with Crippen LogP contribution >= 0.6 is 0 Å². The third kappa shape index (κ3) is 6.01. The van der Waals surface area contributed by atoms with Gasteiger partial charge in [0.15, 0.2) is 0 Å². The van der Waals surface area contributed by atoms with E-state index in [0.717, 1.165) is 5.56 Å². The first-order chi connectivity index (χ1) is 11.4. The predicted molar refractivity (Wildman–Crippen MR) is 84.8 cm³/mol. The molecule has 24 heavy (non-hydrogen) atoms. The molecule has 1 aromatic rings. The average molecular weight is 345 g/mol. The van der Waals surface area contributed by atoms with E-state index < -0.39 is 18.8 Å². The molecule has 1 heterocycles. The third-order valence-corrected chi connectivity index (χ3v) is 3.74. The first-order valence-electron chi connectivity index (χ1n) is 7.89. The average Bonchev–Trinajstić information content (AvgIpc) is 2.91. The number of alkyl halides is 3. The molecule has 1 fully saturated rings. The van der Waals surface area contributed by atoms with Crippen LogP contribution in [0.25, 0.3) is 0 Å². The molecule has 1 aliphatic heterocycles. The Hall–Kier alpha value is -1.80. The Labute approximate surface area is 139 Å². The summed E-state index contributed by atoms with van der Waals surface area (Å²) in [4.78, 5) is 13.4. The maximum absolute atomic E-state index is 12.4. The molecule has 2 amide bonds. The van der Waals surface area contributed by atoms with Crippen LogP contribution in [-0.4, -0.2) is 49.4 Å². The number of urea groups is 1. The lowest BCUT2D eigenvalue weighted by Gasteiger charge is -2.18. The van der Waals surface area contributed by atoms with Crippen molar-refractivity contribution in [3.8, 4) is 0 Å². The van der Waals surface area contributed by atoms with Crippen LogP contribution in [0.1, 0.15) is 18.9 Å². The van der Waals surface area contributed by atoms with Crippen LogP contribution < -0.4 is 10.6 Å². The minimum Gasteiger partial charge on any atom is -0.377 e. The molecule has 134 valence electrons. The number of rotatable bonds is 6. The first kappa shape index (κ1) is 18.5. The number of hydrogen-bond acceptors (Lipinski definition) is 3. The monoisotopic (exact) mass is 345 g/mol. The number of carbonyl (C=O) groups excluding carboxylic acids is 1. The second-order valence-corrected chi connectivity index (χ2v) is 5.73. The van der Waals surface area contributed by atoms with Gasteiger partial charge in [0, 0.05) is 37.0 Å². The highest BCUT2D eigenvalue weighted by atomic mass is 19.4. The van der Waals surface area contributed by atoms with Crippen LogP contribution in [0.15, 0.2) is 24.3 Å². The zero-order valence-corrected chi connectivity index (χ0v) is 13.5. The minimum absolute atomic E-state index is 0.202. The summed E-state index contributed by atoms with van der Waals surface area (Å²) in [5, 5.41) is 5.47. The summed E-state index contributed by atoms with van der Waals surface area (Å²) in [7, 11) is 0. The number of amides is 2. The number of carbonyl (C=O) groups is 1. The van der Waals surface area contributed by atoms with Crippen LogP contribution in [0, 0.1) is 0 Å². The molecule has 0 spiro atoms. The molecule has 1 aromatic carbocycles. The second kappa shape index (κ2) is 8.34. The van der Waals surface area contributed by atoms with Gasteiger partial charge in [-0.25, -0.2) is 4.79 Å². The summed E-state index contributed by atoms with van der Waals surface area (Å²) in [5.41, 5.74) is 1.48. The SMILES string of the molecule is CCOCc1ccccc1NC(=O)N[C@H]1CCN(CC(F)(F)F)C1. The summed E-state index contributed by atoms with van der Waals surface area (Å²) in [6, 6.07) is 6.56. The van der Waals surface area contributed by atoms with Gasteiger partial charge in [0.1, 0.15) is 0 Å². The summed E-state index contributed by atoms with van der Waals surface area (Å²) >= 11 is 0. The van der Waals surface area contributed by atoms with Gasteiger partial charge in [0.2, 0.25) is 0 Å². The molecule has 0 saturated carbocycles. The zero-order valence-electron chi connectivity index (χ0n) is 13.5. The standard InChI is InChI=1S/C16H22F3N3O2/c1-2-24-10-12-5-3-4-6-14(12)21-15(23)20-13-7-8-22(9-13)11-16(17,18)19/h3-6,13H,2,7-11H2,1H3,(H2,20,21,23)/t13-/m0/s1. The van der Waals surface area contributed by atoms with Gasteiger partial charge < -0.3 is 15.4 Å². The minimum atomic E-state index is -4.21. The third-order valence-electron chi connectivity index (χ3n) is 3.74. The van der Waals surface area contributed by atoms with E-state index in [9.17, 15) is 18.0 Å². The quantitative estimate of drug-likeness (QED) is 0.833. The van der Waals surface area contributed by atoms with Crippen LogP contribution in [0.5, 0.6) is 0 Å². The fraction of sp³-hybridized carbons (Fsp3) is 0.562. The number of anilines is 1. The summed E-state index contributed by atoms with van der Waals surface area (Å²) in [6.45, 7) is 2.42. The molecule has 0 unspecified atom stereocenters. The molecule has 1 aliphatic rings. The molecule has 0 aromatic heterocycles. The normalized spacial score (nSPS) is 18.6. The van der Waals surface area contributed by atoms with Crippen molar-refractivity contribution >= 4 is 11.7 Å². The molecule has 1 atom stereocenters. The molecule has 5 nitrogen and oxygen atoms in total. The van der Waals surface area contributed by atoms with Crippen molar-refractivity contribution in [3.63, 3.8) is 0 Å². The molecule has 2 N–H and O–H groups in total. The topological polar surface area (TPSA) is 53.6 Å². The van der Waals surface area contributed by atoms with E-state index in [4.69, 9.17) is 4.74 Å². The molecular formula is C16H22F3N3O2. The first-order valence-corrected chi connectivity index (χ1v) is 7.89. The smallest absolute Gasteiger partial charge is 0.377 e. The van der Waals surface area contributed by atoms with Gasteiger partial charge in [-0.1, -0.05) is 18.2 Å². The van der Waals surface area contributed by atoms with E-state index in [-0.39, 0.29) is 12.6 Å². The number of halogens is 3. The van der Waals surface area contributed by atoms with Crippen LogP contribution in [-0.2, 0) is 11.3 Å². The Kier molecular flexibility index (Phi) is 6.44. The van der Waals surface area contributed by atoms with Gasteiger partial charge in [0.25, 0.3) is 0 Å². The van der Waals surface area contributed by atoms with Crippen LogP contribution in [0.3, 0.4) is 0 Å². The van der Waals surface area contributed by atoms with E-state index >= 15 is 0 Å². The maximum atomic E-state index is 12.4. The van der Waals surface area contributed by atoms with Gasteiger partial charge in [-0.2, -0.15) is 13.2 Å². The summed E-state index contributed by atoms with van der Waals surface area (Å²) in [6.07, 6.45) is -3.71. The van der Waals surface area contributed by atoms with Gasteiger partial charge >= 0.3 is 12.2 Å². The van der Waals surface area contributed by atoms with Crippen molar-refractivity contribution in [3.05, 3.63) is 29.8 Å². The Morgan fingerprint density at radius 1 is 1.38 bits per heavy atom. The van der Waals surface area contributed by atoms with Crippen LogP contribution in [0.4, 0.5) is 23.7 Å². The molecule has 0 aliphatic carbocycles. The van der Waals surface area contributed by atoms with Crippen molar-refractivity contribution in [2.75, 3.05) is 31.6 Å². The van der Waals surface area contributed by atoms with Gasteiger partial charge in [0.05, 0.1) is 13.2 Å². The zero-order chi connectivity index (χ0) is 17.6. The predicted octanol–water partition coefficient (Wildman–Crippen LogP) is 2.98. The number of likely N-dealkylation sites (tertiary alicyclic amines) is 1. The van der Waals surface area contributed by atoms with Crippen LogP contribution in [0.2, 0.25) is 0 Å². The van der Waals surface area contributed by atoms with E-state index in [0.29, 0.717) is 31.9 Å². The molecular weight excluding hydrogens is 323 g/mol. The second-order valence-electron chi connectivity index (χ2n) is 5.73. The molecule has 0 bridgehead atoms. The van der Waals surface area contributed by atoms with Gasteiger partial charge in [-0.15, -0.1) is 0 Å². The fourth-order valence-electron chi connectivity index (χ4n) is 2.67. The Bertz CT molecular complexity index is 552. The molecule has 8 heteroatoms. The number of nitrogens with zero attached hydrogens (tertiary/aromatic N) is 1. The lowest BCUT2D eigenvalue weighted by atomic mass is 10.2. The highest BCUT2D eigenvalue weighted by Gasteiger charge is 2.34. The largest absolute Gasteiger partial charge is 0.401 e. The summed E-state index contributed by atoms with van der Waals surface area (Å²) < 4.78 is 42.5. The van der Waals surface area contributed by atoms with E-state index in [1.54, 1.807) is 12.1 Å². The van der Waals surface area contributed by atoms with Crippen molar-refractivity contribution < 1.29 is 22.7 Å². The highest BCUT2D eigenvalue weighted by Crippen LogP contribution is 2.20. The lowest BCUT2D eigenvalue weighted by Crippen LogP contribution is -2.41. The van der Waals surface area contributed by atoms with E-state index in [1.807, 2.05) is 19.1 Å². The van der Waals surface area contributed by atoms with Crippen molar-refractivity contribution in [2.24, 2.45) is 0 Å². The number of hydrogen-bond donors (Lipinski definition) is 2. The number of ether oxygens (including phenoxy) is 1. The Morgan fingerprint density at radius 3 is 2.83 bits per heavy atom. The van der Waals surface area contributed by atoms with Gasteiger partial charge in [-0.3, -0.25) is 4.90 Å². The fourth-order valence-corrected chi connectivity index (χ4v) is 2.67. The molecule has 2 rings (SSSR count). The summed E-state index contributed by atoms with van der Waals surface area (Å²) in [5.74, 6) is 0. The molecule has 1 saturated heterocycles. The lowest BCUT2D eigenvalue weighted by molar-refractivity contribution is -0.143. The van der Waals surface area contributed by atoms with Crippen molar-refractivity contribution in [1.29, 1.82) is 0 Å². The van der Waals surface area contributed by atoms with E-state index in [1.165, 1.54) is 4.90 Å². The van der Waals surface area contributed by atoms with Crippen molar-refractivity contribution in [2.45, 2.75) is 32.2 Å². The number of para-hydroxylation sites is 1. The maximum Gasteiger partial charge on any atom is 0.401 e. The van der Waals surface area contributed by atoms with Gasteiger partial charge in [-0.05, 0) is 19.4 Å². The van der Waals surface area contributed by atoms with Crippen molar-refractivity contribution in [1.82, 2.24) is 10.2 Å². The van der Waals surface area contributed by atoms with E-state index in [2.05, 4.69) is 10.6 Å². The Balaban J connectivity index is 1.84. The number of benzene rings is 1. The Morgan fingerprint density at radius 2 is 2.12 bits per heavy atom. The highest BCUT2D eigenvalue weighted by molar-refractivity contribution is 5.90.